The molecule has 12 heteroatoms. The standard InChI is InChI=1S/C29H26ClFN4O6/c1-40-27(38)32-19-9-7-18(8-10-19)25(36)33-22(15-17-5-3-2-4-6-17)26(37)35-14-13-29(16-35)23-21(34-28(39)41-29)12-11-20(30)24(23)31/h2-12,22H,13-16H2,1H3,(H,32,38)(H,33,36)(H,34,39)/t22-,29-/m0/s1. The first kappa shape index (κ1) is 27.9. The lowest BCUT2D eigenvalue weighted by molar-refractivity contribution is -0.133. The fourth-order valence-corrected chi connectivity index (χ4v) is 5.26. The summed E-state index contributed by atoms with van der Waals surface area (Å²) in [5, 5.41) is 7.68. The third-order valence-electron chi connectivity index (χ3n) is 7.08. The van der Waals surface area contributed by atoms with Crippen molar-refractivity contribution >= 4 is 47.0 Å². The first-order valence-corrected chi connectivity index (χ1v) is 13.1. The molecule has 1 saturated heterocycles. The maximum absolute atomic E-state index is 15.2. The topological polar surface area (TPSA) is 126 Å². The number of carbonyl (C=O) groups is 4. The molecule has 5 rings (SSSR count). The summed E-state index contributed by atoms with van der Waals surface area (Å²) in [6.45, 7) is 0.0468. The van der Waals surface area contributed by atoms with E-state index in [2.05, 4.69) is 20.7 Å². The van der Waals surface area contributed by atoms with Gasteiger partial charge in [0.1, 0.15) is 6.04 Å². The molecule has 2 atom stereocenters. The van der Waals surface area contributed by atoms with Gasteiger partial charge in [-0.2, -0.15) is 0 Å². The number of fused-ring (bicyclic) bond motifs is 2. The summed E-state index contributed by atoms with van der Waals surface area (Å²) in [5.74, 6) is -1.64. The second-order valence-corrected chi connectivity index (χ2v) is 10.1. The van der Waals surface area contributed by atoms with Crippen LogP contribution in [0.2, 0.25) is 5.02 Å². The molecule has 2 heterocycles. The van der Waals surface area contributed by atoms with Crippen molar-refractivity contribution < 1.29 is 33.0 Å². The van der Waals surface area contributed by atoms with Gasteiger partial charge in [-0.1, -0.05) is 41.9 Å². The summed E-state index contributed by atoms with van der Waals surface area (Å²) in [7, 11) is 1.24. The number of likely N-dealkylation sites (tertiary alicyclic amines) is 1. The van der Waals surface area contributed by atoms with Crippen LogP contribution < -0.4 is 16.0 Å². The van der Waals surface area contributed by atoms with Gasteiger partial charge < -0.3 is 19.7 Å². The number of amides is 4. The molecular weight excluding hydrogens is 555 g/mol. The Labute approximate surface area is 239 Å². The van der Waals surface area contributed by atoms with Crippen molar-refractivity contribution in [2.45, 2.75) is 24.5 Å². The van der Waals surface area contributed by atoms with Crippen molar-refractivity contribution in [3.05, 3.63) is 94.3 Å². The van der Waals surface area contributed by atoms with E-state index in [1.54, 1.807) is 0 Å². The predicted molar refractivity (Wildman–Crippen MR) is 148 cm³/mol. The zero-order valence-electron chi connectivity index (χ0n) is 21.9. The molecule has 2 aliphatic rings. The van der Waals surface area contributed by atoms with Crippen molar-refractivity contribution in [3.63, 3.8) is 0 Å². The predicted octanol–water partition coefficient (Wildman–Crippen LogP) is 4.69. The molecule has 1 spiro atoms. The first-order chi connectivity index (χ1) is 19.7. The number of nitrogens with zero attached hydrogens (tertiary/aromatic N) is 1. The number of carbonyl (C=O) groups excluding carboxylic acids is 4. The molecule has 1 fully saturated rings. The molecule has 0 saturated carbocycles. The molecule has 2 aliphatic heterocycles. The number of methoxy groups -OCH3 is 1. The molecule has 0 aliphatic carbocycles. The number of benzene rings is 3. The van der Waals surface area contributed by atoms with E-state index in [4.69, 9.17) is 16.3 Å². The van der Waals surface area contributed by atoms with E-state index in [0.717, 1.165) is 5.56 Å². The van der Waals surface area contributed by atoms with Gasteiger partial charge in [0.05, 0.1) is 29.9 Å². The smallest absolute Gasteiger partial charge is 0.412 e. The minimum Gasteiger partial charge on any atom is -0.453 e. The SMILES string of the molecule is COC(=O)Nc1ccc(C(=O)N[C@@H](Cc2ccccc2)C(=O)N2CC[C@@]3(C2)OC(=O)Nc2ccc(Cl)c(F)c23)cc1. The highest BCUT2D eigenvalue weighted by molar-refractivity contribution is 6.31. The van der Waals surface area contributed by atoms with Gasteiger partial charge in [0.2, 0.25) is 5.91 Å². The average Bonchev–Trinajstić information content (AvgIpc) is 3.38. The van der Waals surface area contributed by atoms with Crippen LogP contribution in [-0.2, 0) is 26.3 Å². The Balaban J connectivity index is 1.38. The number of ether oxygens (including phenoxy) is 2. The molecule has 10 nitrogen and oxygen atoms in total. The summed E-state index contributed by atoms with van der Waals surface area (Å²) in [6.07, 6.45) is -1.07. The normalized spacial score (nSPS) is 18.1. The third-order valence-corrected chi connectivity index (χ3v) is 7.38. The number of nitrogens with one attached hydrogen (secondary N) is 3. The highest BCUT2D eigenvalue weighted by Gasteiger charge is 2.51. The number of halogens is 2. The lowest BCUT2D eigenvalue weighted by Crippen LogP contribution is -2.50. The average molecular weight is 581 g/mol. The molecule has 3 aromatic rings. The van der Waals surface area contributed by atoms with Crippen LogP contribution in [0.15, 0.2) is 66.7 Å². The third kappa shape index (κ3) is 5.80. The number of rotatable bonds is 6. The van der Waals surface area contributed by atoms with E-state index in [1.807, 2.05) is 30.3 Å². The highest BCUT2D eigenvalue weighted by Crippen LogP contribution is 2.45. The second kappa shape index (κ2) is 11.5. The zero-order chi connectivity index (χ0) is 29.1. The Morgan fingerprint density at radius 1 is 1.12 bits per heavy atom. The Kier molecular flexibility index (Phi) is 7.80. The van der Waals surface area contributed by atoms with Crippen LogP contribution in [0, 0.1) is 5.82 Å². The van der Waals surface area contributed by atoms with Crippen molar-refractivity contribution in [1.29, 1.82) is 0 Å². The Morgan fingerprint density at radius 2 is 1.85 bits per heavy atom. The number of anilines is 2. The van der Waals surface area contributed by atoms with Crippen molar-refractivity contribution in [1.82, 2.24) is 10.2 Å². The molecule has 4 amide bonds. The molecule has 212 valence electrons. The lowest BCUT2D eigenvalue weighted by Gasteiger charge is -2.36. The minimum atomic E-state index is -1.42. The van der Waals surface area contributed by atoms with Crippen molar-refractivity contribution in [2.24, 2.45) is 0 Å². The van der Waals surface area contributed by atoms with Crippen LogP contribution >= 0.6 is 11.6 Å². The molecule has 0 unspecified atom stereocenters. The summed E-state index contributed by atoms with van der Waals surface area (Å²) in [6, 6.07) is 17.1. The Bertz CT molecular complexity index is 1500. The fraction of sp³-hybridized carbons (Fsp3) is 0.241. The number of hydrogen-bond acceptors (Lipinski definition) is 6. The monoisotopic (exact) mass is 580 g/mol. The molecule has 0 bridgehead atoms. The van der Waals surface area contributed by atoms with E-state index in [-0.39, 0.29) is 47.8 Å². The van der Waals surface area contributed by atoms with Crippen LogP contribution in [0.5, 0.6) is 0 Å². The van der Waals surface area contributed by atoms with Crippen molar-refractivity contribution in [3.8, 4) is 0 Å². The fourth-order valence-electron chi connectivity index (χ4n) is 5.11. The van der Waals surface area contributed by atoms with Gasteiger partial charge in [0.15, 0.2) is 11.4 Å². The number of hydrogen-bond donors (Lipinski definition) is 3. The van der Waals surface area contributed by atoms with Gasteiger partial charge in [0, 0.05) is 30.6 Å². The maximum Gasteiger partial charge on any atom is 0.412 e. The summed E-state index contributed by atoms with van der Waals surface area (Å²) < 4.78 is 25.4. The molecule has 3 aromatic carbocycles. The molecule has 0 radical (unpaired) electrons. The van der Waals surface area contributed by atoms with E-state index in [0.29, 0.717) is 5.69 Å². The van der Waals surface area contributed by atoms with Crippen LogP contribution in [0.3, 0.4) is 0 Å². The molecule has 0 aromatic heterocycles. The van der Waals surface area contributed by atoms with Gasteiger partial charge in [-0.05, 0) is 42.0 Å². The molecule has 3 N–H and O–H groups in total. The van der Waals surface area contributed by atoms with Gasteiger partial charge in [-0.25, -0.2) is 14.0 Å². The van der Waals surface area contributed by atoms with Crippen LogP contribution in [0.4, 0.5) is 25.4 Å². The van der Waals surface area contributed by atoms with Gasteiger partial charge >= 0.3 is 12.2 Å². The largest absolute Gasteiger partial charge is 0.453 e. The van der Waals surface area contributed by atoms with Crippen molar-refractivity contribution in [2.75, 3.05) is 30.8 Å². The van der Waals surface area contributed by atoms with Gasteiger partial charge in [-0.15, -0.1) is 0 Å². The van der Waals surface area contributed by atoms with Crippen LogP contribution in [0.25, 0.3) is 0 Å². The van der Waals surface area contributed by atoms with E-state index < -0.39 is 41.5 Å². The van der Waals surface area contributed by atoms with E-state index in [1.165, 1.54) is 48.4 Å². The van der Waals surface area contributed by atoms with Gasteiger partial charge in [0.25, 0.3) is 5.91 Å². The maximum atomic E-state index is 15.2. The quantitative estimate of drug-likeness (QED) is 0.388. The summed E-state index contributed by atoms with van der Waals surface area (Å²) in [4.78, 5) is 52.3. The van der Waals surface area contributed by atoms with E-state index >= 15 is 4.39 Å². The highest BCUT2D eigenvalue weighted by atomic mass is 35.5. The van der Waals surface area contributed by atoms with Crippen LogP contribution in [0.1, 0.15) is 27.9 Å². The lowest BCUT2D eigenvalue weighted by atomic mass is 9.89. The molecule has 41 heavy (non-hydrogen) atoms. The Morgan fingerprint density at radius 3 is 2.56 bits per heavy atom. The summed E-state index contributed by atoms with van der Waals surface area (Å²) in [5.41, 5.74) is 0.403. The molecular formula is C29H26ClFN4O6. The van der Waals surface area contributed by atoms with Crippen LogP contribution in [-0.4, -0.2) is 55.1 Å². The minimum absolute atomic E-state index is 0.0872. The summed E-state index contributed by atoms with van der Waals surface area (Å²) >= 11 is 6.04. The van der Waals surface area contributed by atoms with Gasteiger partial charge in [-0.3, -0.25) is 20.2 Å². The van der Waals surface area contributed by atoms with E-state index in [9.17, 15) is 19.2 Å². The Hall–Kier alpha value is -4.64. The first-order valence-electron chi connectivity index (χ1n) is 12.8. The zero-order valence-corrected chi connectivity index (χ0v) is 22.7. The second-order valence-electron chi connectivity index (χ2n) is 9.71.